The fraction of sp³-hybridized carbons (Fsp3) is 0.455. The van der Waals surface area contributed by atoms with Crippen molar-refractivity contribution in [2.45, 2.75) is 33.4 Å². The monoisotopic (exact) mass is 555 g/mol. The smallest absolute Gasteiger partial charge is 0.193 e. The van der Waals surface area contributed by atoms with Crippen LogP contribution in [0, 0.1) is 12.8 Å². The Morgan fingerprint density at radius 2 is 2.29 bits per heavy atom. The van der Waals surface area contributed by atoms with Gasteiger partial charge in [-0.05, 0) is 31.9 Å². The van der Waals surface area contributed by atoms with E-state index >= 15 is 0 Å². The van der Waals surface area contributed by atoms with Crippen molar-refractivity contribution in [2.24, 2.45) is 10.9 Å². The van der Waals surface area contributed by atoms with Gasteiger partial charge in [0.15, 0.2) is 10.9 Å². The minimum Gasteiger partial charge on any atom is -0.493 e. The van der Waals surface area contributed by atoms with Crippen LogP contribution in [0.25, 0.3) is 4.96 Å². The van der Waals surface area contributed by atoms with Crippen molar-refractivity contribution in [1.29, 1.82) is 0 Å². The maximum absolute atomic E-state index is 6.15. The predicted octanol–water partition coefficient (Wildman–Crippen LogP) is 3.99. The summed E-state index contributed by atoms with van der Waals surface area (Å²) in [4.78, 5) is 10.4. The van der Waals surface area contributed by atoms with Crippen LogP contribution in [0.4, 0.5) is 0 Å². The van der Waals surface area contributed by atoms with Crippen LogP contribution < -0.4 is 15.4 Å². The number of ether oxygens (including phenoxy) is 2. The maximum atomic E-state index is 6.15. The van der Waals surface area contributed by atoms with Crippen LogP contribution >= 0.6 is 35.3 Å². The lowest BCUT2D eigenvalue weighted by Gasteiger charge is -2.15. The Hall–Kier alpha value is -1.85. The number of nitrogens with one attached hydrogen (secondary N) is 2. The molecule has 1 saturated heterocycles. The molecule has 1 aliphatic rings. The Kier molecular flexibility index (Phi) is 8.97. The minimum atomic E-state index is 0. The van der Waals surface area contributed by atoms with E-state index in [0.29, 0.717) is 25.6 Å². The van der Waals surface area contributed by atoms with E-state index in [0.717, 1.165) is 54.1 Å². The molecule has 1 unspecified atom stereocenters. The van der Waals surface area contributed by atoms with Crippen molar-refractivity contribution in [3.05, 3.63) is 52.8 Å². The Morgan fingerprint density at radius 3 is 3.06 bits per heavy atom. The summed E-state index contributed by atoms with van der Waals surface area (Å²) in [5.41, 5.74) is 3.26. The highest BCUT2D eigenvalue weighted by Gasteiger charge is 2.17. The second-order valence-electron chi connectivity index (χ2n) is 7.53. The van der Waals surface area contributed by atoms with Gasteiger partial charge >= 0.3 is 0 Å². The molecule has 0 radical (unpaired) electrons. The minimum absolute atomic E-state index is 0. The summed E-state index contributed by atoms with van der Waals surface area (Å²) < 4.78 is 13.6. The van der Waals surface area contributed by atoms with Crippen molar-refractivity contribution >= 4 is 46.2 Å². The van der Waals surface area contributed by atoms with Gasteiger partial charge in [-0.2, -0.15) is 0 Å². The van der Waals surface area contributed by atoms with Gasteiger partial charge in [-0.15, -0.1) is 35.3 Å². The topological polar surface area (TPSA) is 72.2 Å². The third kappa shape index (κ3) is 6.56. The summed E-state index contributed by atoms with van der Waals surface area (Å²) in [5.74, 6) is 2.16. The summed E-state index contributed by atoms with van der Waals surface area (Å²) >= 11 is 1.63. The van der Waals surface area contributed by atoms with Gasteiger partial charge in [0.1, 0.15) is 5.75 Å². The SMILES string of the molecule is CCNC(=NCc1ccc(C)cc1OCC1CCOC1)NCc1cn2ccsc2n1.I. The number of aromatic nitrogens is 2. The highest BCUT2D eigenvalue weighted by Crippen LogP contribution is 2.23. The van der Waals surface area contributed by atoms with Gasteiger partial charge in [-0.25, -0.2) is 9.98 Å². The quantitative estimate of drug-likeness (QED) is 0.250. The molecule has 4 rings (SSSR count). The van der Waals surface area contributed by atoms with Crippen molar-refractivity contribution in [2.75, 3.05) is 26.4 Å². The molecule has 3 aromatic rings. The number of imidazole rings is 1. The zero-order valence-electron chi connectivity index (χ0n) is 18.0. The van der Waals surface area contributed by atoms with E-state index in [1.165, 1.54) is 5.56 Å². The van der Waals surface area contributed by atoms with E-state index in [-0.39, 0.29) is 24.0 Å². The molecule has 0 saturated carbocycles. The first kappa shape index (κ1) is 23.8. The van der Waals surface area contributed by atoms with Crippen molar-refractivity contribution < 1.29 is 9.47 Å². The van der Waals surface area contributed by atoms with Crippen LogP contribution in [0.5, 0.6) is 5.75 Å². The Labute approximate surface area is 204 Å². The summed E-state index contributed by atoms with van der Waals surface area (Å²) in [5, 5.41) is 8.72. The van der Waals surface area contributed by atoms with Gasteiger partial charge in [0.05, 0.1) is 32.0 Å². The van der Waals surface area contributed by atoms with Gasteiger partial charge in [0.2, 0.25) is 0 Å². The molecule has 9 heteroatoms. The Balaban J connectivity index is 0.00000272. The number of aryl methyl sites for hydroxylation is 1. The number of thiazole rings is 1. The molecule has 0 aliphatic carbocycles. The summed E-state index contributed by atoms with van der Waals surface area (Å²) in [6.07, 6.45) is 5.13. The van der Waals surface area contributed by atoms with Gasteiger partial charge in [0.25, 0.3) is 0 Å². The van der Waals surface area contributed by atoms with Crippen molar-refractivity contribution in [3.63, 3.8) is 0 Å². The normalized spacial score (nSPS) is 16.3. The number of nitrogens with zero attached hydrogens (tertiary/aromatic N) is 3. The molecule has 1 aromatic carbocycles. The molecule has 7 nitrogen and oxygen atoms in total. The van der Waals surface area contributed by atoms with E-state index in [1.807, 2.05) is 22.2 Å². The molecule has 168 valence electrons. The van der Waals surface area contributed by atoms with Gasteiger partial charge in [-0.1, -0.05) is 12.1 Å². The highest BCUT2D eigenvalue weighted by atomic mass is 127. The first-order valence-electron chi connectivity index (χ1n) is 10.4. The van der Waals surface area contributed by atoms with Crippen LogP contribution in [-0.2, 0) is 17.8 Å². The van der Waals surface area contributed by atoms with Gasteiger partial charge < -0.3 is 20.1 Å². The van der Waals surface area contributed by atoms with Crippen molar-refractivity contribution in [1.82, 2.24) is 20.0 Å². The zero-order chi connectivity index (χ0) is 20.8. The molecule has 31 heavy (non-hydrogen) atoms. The third-order valence-corrected chi connectivity index (χ3v) is 5.82. The second-order valence-corrected chi connectivity index (χ2v) is 8.40. The van der Waals surface area contributed by atoms with Gasteiger partial charge in [0, 0.05) is 42.4 Å². The molecule has 1 fully saturated rings. The average Bonchev–Trinajstić information content (AvgIpc) is 3.47. The third-order valence-electron chi connectivity index (χ3n) is 5.05. The average molecular weight is 555 g/mol. The highest BCUT2D eigenvalue weighted by molar-refractivity contribution is 14.0. The molecule has 0 amide bonds. The molecule has 2 aromatic heterocycles. The summed E-state index contributed by atoms with van der Waals surface area (Å²) in [7, 11) is 0. The number of guanidine groups is 1. The molecular formula is C22H30IN5O2S. The molecule has 0 spiro atoms. The second kappa shape index (κ2) is 11.7. The molecule has 0 bridgehead atoms. The van der Waals surface area contributed by atoms with Crippen LogP contribution in [0.15, 0.2) is 41.0 Å². The number of benzene rings is 1. The lowest BCUT2D eigenvalue weighted by molar-refractivity contribution is 0.166. The van der Waals surface area contributed by atoms with Crippen molar-refractivity contribution in [3.8, 4) is 5.75 Å². The fourth-order valence-corrected chi connectivity index (χ4v) is 4.11. The van der Waals surface area contributed by atoms with Crippen LogP contribution in [0.1, 0.15) is 30.2 Å². The largest absolute Gasteiger partial charge is 0.493 e. The first-order chi connectivity index (χ1) is 14.7. The summed E-state index contributed by atoms with van der Waals surface area (Å²) in [6, 6.07) is 6.31. The molecular weight excluding hydrogens is 525 g/mol. The number of hydrogen-bond donors (Lipinski definition) is 2. The number of halogens is 1. The van der Waals surface area contributed by atoms with E-state index in [1.54, 1.807) is 11.3 Å². The van der Waals surface area contributed by atoms with E-state index in [2.05, 4.69) is 47.7 Å². The van der Waals surface area contributed by atoms with Crippen LogP contribution in [-0.4, -0.2) is 41.7 Å². The van der Waals surface area contributed by atoms with Crippen LogP contribution in [0.2, 0.25) is 0 Å². The lowest BCUT2D eigenvalue weighted by atomic mass is 10.1. The Morgan fingerprint density at radius 1 is 1.39 bits per heavy atom. The predicted molar refractivity (Wildman–Crippen MR) is 136 cm³/mol. The molecule has 3 heterocycles. The maximum Gasteiger partial charge on any atom is 0.193 e. The first-order valence-corrected chi connectivity index (χ1v) is 11.3. The molecule has 1 atom stereocenters. The standard InChI is InChI=1S/C22H29N5O2S.HI/c1-3-23-21(25-12-19-13-27-7-9-30-22(27)26-19)24-11-18-5-4-16(2)10-20(18)29-15-17-6-8-28-14-17;/h4-5,7,9-10,13,17H,3,6,8,11-12,14-15H2,1-2H3,(H2,23,24,25);1H. The van der Waals surface area contributed by atoms with E-state index in [9.17, 15) is 0 Å². The molecule has 2 N–H and O–H groups in total. The Bertz CT molecular complexity index is 968. The number of rotatable bonds is 8. The molecule has 1 aliphatic heterocycles. The number of hydrogen-bond acceptors (Lipinski definition) is 5. The zero-order valence-corrected chi connectivity index (χ0v) is 21.1. The number of aliphatic imine (C=N–C) groups is 1. The van der Waals surface area contributed by atoms with E-state index in [4.69, 9.17) is 14.5 Å². The number of fused-ring (bicyclic) bond motifs is 1. The van der Waals surface area contributed by atoms with Gasteiger partial charge in [-0.3, -0.25) is 4.40 Å². The van der Waals surface area contributed by atoms with Crippen LogP contribution in [0.3, 0.4) is 0 Å². The lowest BCUT2D eigenvalue weighted by Crippen LogP contribution is -2.36. The van der Waals surface area contributed by atoms with E-state index < -0.39 is 0 Å². The fourth-order valence-electron chi connectivity index (χ4n) is 3.39. The summed E-state index contributed by atoms with van der Waals surface area (Å²) in [6.45, 7) is 8.43.